The Hall–Kier alpha value is -3.19. The third kappa shape index (κ3) is 2.66. The maximum absolute atomic E-state index is 13.4. The smallest absolute Gasteiger partial charge is 0.296 e. The highest BCUT2D eigenvalue weighted by Crippen LogP contribution is 2.30. The molecule has 8 heteroatoms. The third-order valence-corrected chi connectivity index (χ3v) is 4.96. The number of benzene rings is 1. The molecule has 0 saturated carbocycles. The second kappa shape index (κ2) is 6.45. The van der Waals surface area contributed by atoms with Gasteiger partial charge in [-0.2, -0.15) is 9.78 Å². The Bertz CT molecular complexity index is 1320. The van der Waals surface area contributed by atoms with Crippen molar-refractivity contribution in [1.29, 1.82) is 0 Å². The van der Waals surface area contributed by atoms with E-state index in [1.54, 1.807) is 56.2 Å². The first-order valence-electron chi connectivity index (χ1n) is 8.65. The first-order chi connectivity index (χ1) is 13.3. The highest BCUT2D eigenvalue weighted by Gasteiger charge is 2.24. The topological polar surface area (TPSA) is 73.0 Å². The summed E-state index contributed by atoms with van der Waals surface area (Å²) in [6, 6.07) is 8.78. The van der Waals surface area contributed by atoms with E-state index in [-0.39, 0.29) is 17.2 Å². The Balaban J connectivity index is 2.22. The van der Waals surface area contributed by atoms with Crippen LogP contribution >= 0.6 is 11.6 Å². The predicted octanol–water partition coefficient (Wildman–Crippen LogP) is 2.94. The van der Waals surface area contributed by atoms with Crippen LogP contribution in [-0.4, -0.2) is 44.2 Å². The number of carbonyl (C=O) groups excluding carboxylic acids is 1. The second-order valence-corrected chi connectivity index (χ2v) is 7.30. The van der Waals surface area contributed by atoms with Gasteiger partial charge in [0.05, 0.1) is 11.2 Å². The van der Waals surface area contributed by atoms with Crippen LogP contribution in [0.2, 0.25) is 5.02 Å². The molecule has 28 heavy (non-hydrogen) atoms. The quantitative estimate of drug-likeness (QED) is 0.523. The number of hydrogen-bond donors (Lipinski definition) is 0. The minimum absolute atomic E-state index is 0.210. The van der Waals surface area contributed by atoms with Gasteiger partial charge in [0.1, 0.15) is 5.52 Å². The number of aryl methyl sites for hydroxylation is 2. The molecule has 3 aromatic heterocycles. The highest BCUT2D eigenvalue weighted by atomic mass is 35.5. The van der Waals surface area contributed by atoms with Crippen molar-refractivity contribution in [3.05, 3.63) is 63.3 Å². The van der Waals surface area contributed by atoms with Crippen LogP contribution in [0.1, 0.15) is 16.2 Å². The zero-order valence-corrected chi connectivity index (χ0v) is 16.7. The summed E-state index contributed by atoms with van der Waals surface area (Å²) in [5.41, 5.74) is 2.35. The summed E-state index contributed by atoms with van der Waals surface area (Å²) in [5.74, 6) is -0.285. The number of amides is 1. The molecule has 0 aliphatic heterocycles. The molecule has 3 heterocycles. The number of fused-ring (bicyclic) bond motifs is 3. The predicted molar refractivity (Wildman–Crippen MR) is 109 cm³/mol. The normalized spacial score (nSPS) is 11.3. The van der Waals surface area contributed by atoms with Crippen LogP contribution in [0, 0.1) is 6.92 Å². The molecule has 0 unspecified atom stereocenters. The number of pyridine rings is 1. The van der Waals surface area contributed by atoms with Crippen molar-refractivity contribution in [3.63, 3.8) is 0 Å². The molecule has 0 aliphatic carbocycles. The summed E-state index contributed by atoms with van der Waals surface area (Å²) >= 11 is 6.16. The molecule has 0 aliphatic rings. The number of carbonyl (C=O) groups is 1. The summed E-state index contributed by atoms with van der Waals surface area (Å²) in [5, 5.41) is 6.30. The van der Waals surface area contributed by atoms with Crippen molar-refractivity contribution in [1.82, 2.24) is 24.2 Å². The molecule has 0 saturated heterocycles. The summed E-state index contributed by atoms with van der Waals surface area (Å²) in [7, 11) is 5.10. The van der Waals surface area contributed by atoms with Gasteiger partial charge in [-0.25, -0.2) is 0 Å². The van der Waals surface area contributed by atoms with Crippen LogP contribution in [0.3, 0.4) is 0 Å². The average molecular weight is 396 g/mol. The Morgan fingerprint density at radius 1 is 1.18 bits per heavy atom. The Morgan fingerprint density at radius 2 is 1.93 bits per heavy atom. The number of rotatable bonds is 2. The monoisotopic (exact) mass is 395 g/mol. The molecule has 1 aromatic carbocycles. The summed E-state index contributed by atoms with van der Waals surface area (Å²) < 4.78 is 3.02. The molecular formula is C20H18ClN5O2. The van der Waals surface area contributed by atoms with E-state index in [1.807, 2.05) is 13.0 Å². The van der Waals surface area contributed by atoms with Gasteiger partial charge in [0.15, 0.2) is 5.69 Å². The van der Waals surface area contributed by atoms with Crippen LogP contribution < -0.4 is 5.56 Å². The fourth-order valence-electron chi connectivity index (χ4n) is 3.39. The van der Waals surface area contributed by atoms with E-state index in [1.165, 1.54) is 9.58 Å². The molecule has 0 atom stereocenters. The average Bonchev–Trinajstić information content (AvgIpc) is 2.94. The number of aromatic nitrogens is 4. The highest BCUT2D eigenvalue weighted by molar-refractivity contribution is 6.31. The van der Waals surface area contributed by atoms with E-state index in [2.05, 4.69) is 10.1 Å². The Morgan fingerprint density at radius 3 is 2.61 bits per heavy atom. The van der Waals surface area contributed by atoms with Crippen LogP contribution in [0.4, 0.5) is 0 Å². The SMILES string of the molecule is Cc1cc(-n2nc(C(=O)N(C)C)c3c4ccc(Cl)cc4n(C)c3c2=O)ccn1. The van der Waals surface area contributed by atoms with Gasteiger partial charge in [-0.3, -0.25) is 14.6 Å². The molecular weight excluding hydrogens is 378 g/mol. The summed E-state index contributed by atoms with van der Waals surface area (Å²) in [6.45, 7) is 1.83. The minimum atomic E-state index is -0.314. The van der Waals surface area contributed by atoms with Crippen molar-refractivity contribution < 1.29 is 4.79 Å². The number of nitrogens with zero attached hydrogens (tertiary/aromatic N) is 5. The van der Waals surface area contributed by atoms with E-state index in [9.17, 15) is 9.59 Å². The molecule has 142 valence electrons. The second-order valence-electron chi connectivity index (χ2n) is 6.86. The number of halogens is 1. The molecule has 0 spiro atoms. The Kier molecular flexibility index (Phi) is 4.19. The molecule has 4 rings (SSSR count). The summed E-state index contributed by atoms with van der Waals surface area (Å²) in [4.78, 5) is 31.9. The van der Waals surface area contributed by atoms with Crippen LogP contribution in [-0.2, 0) is 7.05 Å². The summed E-state index contributed by atoms with van der Waals surface area (Å²) in [6.07, 6.45) is 1.61. The molecule has 0 radical (unpaired) electrons. The zero-order valence-electron chi connectivity index (χ0n) is 15.9. The van der Waals surface area contributed by atoms with Crippen LogP contribution in [0.5, 0.6) is 0 Å². The zero-order chi connectivity index (χ0) is 20.2. The van der Waals surface area contributed by atoms with Gasteiger partial charge in [-0.1, -0.05) is 17.7 Å². The lowest BCUT2D eigenvalue weighted by molar-refractivity contribution is 0.0822. The molecule has 0 N–H and O–H groups in total. The van der Waals surface area contributed by atoms with Gasteiger partial charge in [0, 0.05) is 48.8 Å². The lowest BCUT2D eigenvalue weighted by Crippen LogP contribution is -2.30. The largest absolute Gasteiger partial charge is 0.343 e. The van der Waals surface area contributed by atoms with Gasteiger partial charge in [-0.05, 0) is 31.2 Å². The lowest BCUT2D eigenvalue weighted by atomic mass is 10.1. The maximum atomic E-state index is 13.4. The van der Waals surface area contributed by atoms with Crippen LogP contribution in [0.25, 0.3) is 27.5 Å². The molecule has 7 nitrogen and oxygen atoms in total. The van der Waals surface area contributed by atoms with Gasteiger partial charge in [0.2, 0.25) is 0 Å². The maximum Gasteiger partial charge on any atom is 0.296 e. The van der Waals surface area contributed by atoms with Crippen molar-refractivity contribution in [2.45, 2.75) is 6.92 Å². The van der Waals surface area contributed by atoms with Crippen molar-refractivity contribution in [3.8, 4) is 5.69 Å². The van der Waals surface area contributed by atoms with Crippen molar-refractivity contribution in [2.75, 3.05) is 14.1 Å². The number of hydrogen-bond acceptors (Lipinski definition) is 4. The fraction of sp³-hybridized carbons (Fsp3) is 0.200. The van der Waals surface area contributed by atoms with Gasteiger partial charge in [-0.15, -0.1) is 0 Å². The molecule has 4 aromatic rings. The van der Waals surface area contributed by atoms with E-state index < -0.39 is 0 Å². The minimum Gasteiger partial charge on any atom is -0.343 e. The van der Waals surface area contributed by atoms with E-state index >= 15 is 0 Å². The molecule has 1 amide bonds. The van der Waals surface area contributed by atoms with E-state index in [0.29, 0.717) is 21.6 Å². The first kappa shape index (κ1) is 18.2. The van der Waals surface area contributed by atoms with Gasteiger partial charge < -0.3 is 9.47 Å². The first-order valence-corrected chi connectivity index (χ1v) is 9.03. The third-order valence-electron chi connectivity index (χ3n) is 4.73. The van der Waals surface area contributed by atoms with Gasteiger partial charge in [0.25, 0.3) is 11.5 Å². The van der Waals surface area contributed by atoms with E-state index in [0.717, 1.165) is 16.6 Å². The standard InChI is InChI=1S/C20H18ClN5O2/c1-11-9-13(7-8-22-11)26-20(28)18-16(17(23-26)19(27)24(2)3)14-6-5-12(21)10-15(14)25(18)4/h5-10H,1-4H3. The lowest BCUT2D eigenvalue weighted by Gasteiger charge is -2.13. The van der Waals surface area contributed by atoms with Crippen LogP contribution in [0.15, 0.2) is 41.3 Å². The van der Waals surface area contributed by atoms with Crippen molar-refractivity contribution in [2.24, 2.45) is 7.05 Å². The Labute approximate surface area is 165 Å². The van der Waals surface area contributed by atoms with Crippen molar-refractivity contribution >= 4 is 39.3 Å². The van der Waals surface area contributed by atoms with Gasteiger partial charge >= 0.3 is 0 Å². The van der Waals surface area contributed by atoms with E-state index in [4.69, 9.17) is 11.6 Å². The molecule has 0 bridgehead atoms. The fourth-order valence-corrected chi connectivity index (χ4v) is 3.56. The molecule has 0 fully saturated rings.